The number of carbonyl (C=O) groups is 1. The van der Waals surface area contributed by atoms with Gasteiger partial charge in [-0.3, -0.25) is 0 Å². The zero-order valence-corrected chi connectivity index (χ0v) is 16.1. The van der Waals surface area contributed by atoms with Gasteiger partial charge in [-0.05, 0) is 42.8 Å². The van der Waals surface area contributed by atoms with Gasteiger partial charge in [-0.2, -0.15) is 0 Å². The fourth-order valence-corrected chi connectivity index (χ4v) is 4.19. The van der Waals surface area contributed by atoms with Crippen LogP contribution in [-0.4, -0.2) is 36.2 Å². The van der Waals surface area contributed by atoms with E-state index in [1.807, 2.05) is 0 Å². The molecule has 0 amide bonds. The maximum Gasteiger partial charge on any atom is 0.337 e. The highest BCUT2D eigenvalue weighted by Gasteiger charge is 2.20. The minimum absolute atomic E-state index is 0.0694. The Morgan fingerprint density at radius 1 is 1.00 bits per heavy atom. The van der Waals surface area contributed by atoms with E-state index >= 15 is 0 Å². The quantitative estimate of drug-likeness (QED) is 0.747. The summed E-state index contributed by atoms with van der Waals surface area (Å²) in [4.78, 5) is 11.6. The minimum Gasteiger partial charge on any atom is -0.465 e. The average molecular weight is 397 g/mol. The third-order valence-corrected chi connectivity index (χ3v) is 6.37. The molecule has 0 heterocycles. The van der Waals surface area contributed by atoms with Gasteiger partial charge in [0, 0.05) is 12.3 Å². The van der Waals surface area contributed by atoms with Gasteiger partial charge in [-0.15, -0.1) is 0 Å². The molecule has 1 atom stereocenters. The van der Waals surface area contributed by atoms with Crippen molar-refractivity contribution in [3.8, 4) is 0 Å². The second-order valence-electron chi connectivity index (χ2n) is 5.70. The summed E-state index contributed by atoms with van der Waals surface area (Å²) in [5.41, 5.74) is 0.727. The number of esters is 1. The fraction of sp³-hybridized carbons (Fsp3) is 0.235. The van der Waals surface area contributed by atoms with Gasteiger partial charge in [0.25, 0.3) is 0 Å². The van der Waals surface area contributed by atoms with Crippen molar-refractivity contribution in [2.24, 2.45) is 0 Å². The molecule has 0 spiro atoms. The van der Waals surface area contributed by atoms with Crippen molar-refractivity contribution in [3.05, 3.63) is 59.7 Å². The summed E-state index contributed by atoms with van der Waals surface area (Å²) in [5.74, 6) is -0.633. The van der Waals surface area contributed by atoms with Gasteiger partial charge in [0.15, 0.2) is 9.84 Å². The summed E-state index contributed by atoms with van der Waals surface area (Å²) in [6.07, 6.45) is 1.10. The minimum atomic E-state index is -3.89. The highest BCUT2D eigenvalue weighted by molar-refractivity contribution is 7.90. The first kappa shape index (κ1) is 20.1. The van der Waals surface area contributed by atoms with E-state index in [-0.39, 0.29) is 15.4 Å². The molecule has 0 aliphatic heterocycles. The second-order valence-corrected chi connectivity index (χ2v) is 9.43. The van der Waals surface area contributed by atoms with E-state index in [0.717, 1.165) is 6.26 Å². The SMILES string of the molecule is COC(=O)c1cccc(S(=O)(=O)N[C@H](C)c2ccc(S(C)(=O)=O)cc2)c1. The van der Waals surface area contributed by atoms with Crippen LogP contribution < -0.4 is 4.72 Å². The van der Waals surface area contributed by atoms with E-state index < -0.39 is 31.9 Å². The maximum absolute atomic E-state index is 12.5. The number of carbonyl (C=O) groups excluding carboxylic acids is 1. The Kier molecular flexibility index (Phi) is 5.84. The lowest BCUT2D eigenvalue weighted by Crippen LogP contribution is -2.27. The molecule has 0 radical (unpaired) electrons. The number of hydrogen-bond acceptors (Lipinski definition) is 6. The average Bonchev–Trinajstić information content (AvgIpc) is 2.60. The number of methoxy groups -OCH3 is 1. The van der Waals surface area contributed by atoms with Crippen molar-refractivity contribution >= 4 is 25.8 Å². The van der Waals surface area contributed by atoms with E-state index in [4.69, 9.17) is 0 Å². The first-order chi connectivity index (χ1) is 12.0. The first-order valence-electron chi connectivity index (χ1n) is 7.55. The Morgan fingerprint density at radius 2 is 1.62 bits per heavy atom. The highest BCUT2D eigenvalue weighted by Crippen LogP contribution is 2.20. The number of sulfonamides is 1. The summed E-state index contributed by atoms with van der Waals surface area (Å²) in [7, 11) is -6.00. The van der Waals surface area contributed by atoms with Gasteiger partial charge in [-0.25, -0.2) is 26.4 Å². The van der Waals surface area contributed by atoms with E-state index in [1.54, 1.807) is 19.1 Å². The van der Waals surface area contributed by atoms with Crippen molar-refractivity contribution in [3.63, 3.8) is 0 Å². The molecule has 0 saturated heterocycles. The molecule has 7 nitrogen and oxygen atoms in total. The van der Waals surface area contributed by atoms with Crippen LogP contribution in [0.1, 0.15) is 28.9 Å². The number of rotatable bonds is 6. The summed E-state index contributed by atoms with van der Waals surface area (Å²) >= 11 is 0. The number of ether oxygens (including phenoxy) is 1. The molecule has 0 saturated carbocycles. The van der Waals surface area contributed by atoms with Crippen molar-refractivity contribution in [2.45, 2.75) is 22.8 Å². The van der Waals surface area contributed by atoms with Crippen LogP contribution in [0, 0.1) is 0 Å². The van der Waals surface area contributed by atoms with Crippen LogP contribution in [0.2, 0.25) is 0 Å². The van der Waals surface area contributed by atoms with E-state index in [1.165, 1.54) is 43.5 Å². The summed E-state index contributed by atoms with van der Waals surface area (Å²) in [6.45, 7) is 1.64. The van der Waals surface area contributed by atoms with Gasteiger partial charge in [-0.1, -0.05) is 18.2 Å². The Labute approximate surface area is 153 Å². The van der Waals surface area contributed by atoms with E-state index in [9.17, 15) is 21.6 Å². The molecule has 0 aliphatic carbocycles. The molecule has 0 bridgehead atoms. The van der Waals surface area contributed by atoms with Crippen LogP contribution in [0.4, 0.5) is 0 Å². The monoisotopic (exact) mass is 397 g/mol. The van der Waals surface area contributed by atoms with E-state index in [2.05, 4.69) is 9.46 Å². The van der Waals surface area contributed by atoms with Crippen molar-refractivity contribution in [1.29, 1.82) is 0 Å². The lowest BCUT2D eigenvalue weighted by Gasteiger charge is -2.15. The normalized spacial score (nSPS) is 13.2. The molecule has 0 aliphatic rings. The van der Waals surface area contributed by atoms with Gasteiger partial charge in [0.1, 0.15) is 0 Å². The Morgan fingerprint density at radius 3 is 2.15 bits per heavy atom. The Balaban J connectivity index is 2.25. The highest BCUT2D eigenvalue weighted by atomic mass is 32.2. The Hall–Kier alpha value is -2.23. The molecule has 0 fully saturated rings. The third-order valence-electron chi connectivity index (χ3n) is 3.71. The third kappa shape index (κ3) is 4.69. The molecule has 9 heteroatoms. The molecule has 0 aromatic heterocycles. The molecular formula is C17H19NO6S2. The van der Waals surface area contributed by atoms with Crippen molar-refractivity contribution in [2.75, 3.05) is 13.4 Å². The fourth-order valence-electron chi connectivity index (χ4n) is 2.28. The smallest absolute Gasteiger partial charge is 0.337 e. The zero-order valence-electron chi connectivity index (χ0n) is 14.5. The molecule has 26 heavy (non-hydrogen) atoms. The lowest BCUT2D eigenvalue weighted by molar-refractivity contribution is 0.0600. The van der Waals surface area contributed by atoms with Gasteiger partial charge < -0.3 is 4.74 Å². The first-order valence-corrected chi connectivity index (χ1v) is 10.9. The molecule has 2 rings (SSSR count). The van der Waals surface area contributed by atoms with Gasteiger partial charge >= 0.3 is 5.97 Å². The standard InChI is InChI=1S/C17H19NO6S2/c1-12(13-7-9-15(10-8-13)25(3,20)21)18-26(22,23)16-6-4-5-14(11-16)17(19)24-2/h4-12,18H,1-3H3/t12-/m1/s1. The Bertz CT molecular complexity index is 1010. The van der Waals surface area contributed by atoms with Crippen molar-refractivity contribution in [1.82, 2.24) is 4.72 Å². The molecule has 2 aromatic carbocycles. The predicted molar refractivity (Wildman–Crippen MR) is 96.1 cm³/mol. The molecule has 1 N–H and O–H groups in total. The number of hydrogen-bond donors (Lipinski definition) is 1. The molecule has 140 valence electrons. The zero-order chi connectivity index (χ0) is 19.5. The van der Waals surface area contributed by atoms with Crippen LogP contribution in [0.5, 0.6) is 0 Å². The van der Waals surface area contributed by atoms with Gasteiger partial charge in [0.2, 0.25) is 10.0 Å². The van der Waals surface area contributed by atoms with Crippen LogP contribution in [0.3, 0.4) is 0 Å². The topological polar surface area (TPSA) is 107 Å². The van der Waals surface area contributed by atoms with Crippen molar-refractivity contribution < 1.29 is 26.4 Å². The number of nitrogens with one attached hydrogen (secondary N) is 1. The summed E-state index contributed by atoms with van der Waals surface area (Å²) in [5, 5.41) is 0. The van der Waals surface area contributed by atoms with Gasteiger partial charge in [0.05, 0.1) is 22.5 Å². The molecule has 2 aromatic rings. The summed E-state index contributed by atoms with van der Waals surface area (Å²) < 4.78 is 55.2. The van der Waals surface area contributed by atoms with Crippen LogP contribution in [-0.2, 0) is 24.6 Å². The molecular weight excluding hydrogens is 378 g/mol. The van der Waals surface area contributed by atoms with E-state index in [0.29, 0.717) is 5.56 Å². The maximum atomic E-state index is 12.5. The lowest BCUT2D eigenvalue weighted by atomic mass is 10.1. The summed E-state index contributed by atoms with van der Waals surface area (Å²) in [6, 6.07) is 10.9. The molecule has 0 unspecified atom stereocenters. The number of benzene rings is 2. The van der Waals surface area contributed by atoms with Crippen LogP contribution >= 0.6 is 0 Å². The largest absolute Gasteiger partial charge is 0.465 e. The van der Waals surface area contributed by atoms with Crippen LogP contribution in [0.25, 0.3) is 0 Å². The second kappa shape index (κ2) is 7.56. The predicted octanol–water partition coefficient (Wildman–Crippen LogP) is 1.92. The number of sulfone groups is 1. The van der Waals surface area contributed by atoms with Crippen LogP contribution in [0.15, 0.2) is 58.3 Å².